The molecule has 0 spiro atoms. The molecule has 2 heterocycles. The second-order valence-corrected chi connectivity index (χ2v) is 6.92. The zero-order chi connectivity index (χ0) is 17.1. The molecule has 1 N–H and O–H groups in total. The number of hydrogen-bond acceptors (Lipinski definition) is 5. The first-order valence-electron chi connectivity index (χ1n) is 9.10. The van der Waals surface area contributed by atoms with Crippen LogP contribution in [0.15, 0.2) is 28.8 Å². The molecule has 6 heteroatoms. The van der Waals surface area contributed by atoms with Gasteiger partial charge in [-0.3, -0.25) is 4.79 Å². The smallest absolute Gasteiger partial charge is 0.246 e. The van der Waals surface area contributed by atoms with E-state index in [9.17, 15) is 4.79 Å². The number of aromatic nitrogens is 2. The third kappa shape index (κ3) is 3.67. The SMILES string of the molecule is O=C(NCc1nc(C2CCCCC2)no1)[C@H]1COc2ccccc2C1. The van der Waals surface area contributed by atoms with Crippen LogP contribution in [0, 0.1) is 5.92 Å². The second-order valence-electron chi connectivity index (χ2n) is 6.92. The van der Waals surface area contributed by atoms with Crippen LogP contribution in [-0.4, -0.2) is 22.7 Å². The summed E-state index contributed by atoms with van der Waals surface area (Å²) in [6, 6.07) is 7.85. The zero-order valence-corrected chi connectivity index (χ0v) is 14.2. The Morgan fingerprint density at radius 3 is 2.92 bits per heavy atom. The first-order chi connectivity index (χ1) is 12.3. The highest BCUT2D eigenvalue weighted by Gasteiger charge is 2.26. The number of fused-ring (bicyclic) bond motifs is 1. The largest absolute Gasteiger partial charge is 0.492 e. The predicted octanol–water partition coefficient (Wildman–Crippen LogP) is 2.98. The number of carbonyl (C=O) groups excluding carboxylic acids is 1. The van der Waals surface area contributed by atoms with Gasteiger partial charge < -0.3 is 14.6 Å². The van der Waals surface area contributed by atoms with Gasteiger partial charge in [-0.15, -0.1) is 0 Å². The number of para-hydroxylation sites is 1. The maximum atomic E-state index is 12.4. The fraction of sp³-hybridized carbons (Fsp3) is 0.526. The van der Waals surface area contributed by atoms with E-state index in [-0.39, 0.29) is 18.4 Å². The van der Waals surface area contributed by atoms with Gasteiger partial charge in [0.1, 0.15) is 12.4 Å². The van der Waals surface area contributed by atoms with Crippen molar-refractivity contribution >= 4 is 5.91 Å². The molecular weight excluding hydrogens is 318 g/mol. The van der Waals surface area contributed by atoms with Crippen molar-refractivity contribution in [1.29, 1.82) is 0 Å². The molecule has 2 aliphatic rings. The number of rotatable bonds is 4. The highest BCUT2D eigenvalue weighted by molar-refractivity contribution is 5.79. The number of amides is 1. The van der Waals surface area contributed by atoms with Gasteiger partial charge >= 0.3 is 0 Å². The summed E-state index contributed by atoms with van der Waals surface area (Å²) in [5.74, 6) is 2.33. The molecule has 1 aliphatic heterocycles. The van der Waals surface area contributed by atoms with Gasteiger partial charge in [0.05, 0.1) is 12.5 Å². The van der Waals surface area contributed by atoms with Gasteiger partial charge in [0.15, 0.2) is 5.82 Å². The Balaban J connectivity index is 1.31. The maximum Gasteiger partial charge on any atom is 0.246 e. The summed E-state index contributed by atoms with van der Waals surface area (Å²) in [5, 5.41) is 7.00. The van der Waals surface area contributed by atoms with Gasteiger partial charge in [-0.1, -0.05) is 42.6 Å². The molecule has 1 fully saturated rings. The lowest BCUT2D eigenvalue weighted by Crippen LogP contribution is -2.37. The van der Waals surface area contributed by atoms with E-state index in [1.165, 1.54) is 19.3 Å². The topological polar surface area (TPSA) is 77.3 Å². The Morgan fingerprint density at radius 1 is 1.20 bits per heavy atom. The van der Waals surface area contributed by atoms with E-state index < -0.39 is 0 Å². The van der Waals surface area contributed by atoms with E-state index in [1.807, 2.05) is 24.3 Å². The molecule has 1 atom stereocenters. The van der Waals surface area contributed by atoms with Gasteiger partial charge in [-0.2, -0.15) is 4.98 Å². The molecule has 0 unspecified atom stereocenters. The van der Waals surface area contributed by atoms with Crippen molar-refractivity contribution < 1.29 is 14.1 Å². The van der Waals surface area contributed by atoms with Crippen LogP contribution < -0.4 is 10.1 Å². The minimum Gasteiger partial charge on any atom is -0.492 e. The van der Waals surface area contributed by atoms with Crippen LogP contribution in [0.25, 0.3) is 0 Å². The number of carbonyl (C=O) groups is 1. The van der Waals surface area contributed by atoms with Crippen LogP contribution in [0.3, 0.4) is 0 Å². The second kappa shape index (κ2) is 7.25. The van der Waals surface area contributed by atoms with E-state index in [2.05, 4.69) is 15.5 Å². The summed E-state index contributed by atoms with van der Waals surface area (Å²) in [5.41, 5.74) is 1.08. The predicted molar refractivity (Wildman–Crippen MR) is 91.1 cm³/mol. The van der Waals surface area contributed by atoms with Crippen LogP contribution in [0.1, 0.15) is 55.3 Å². The average Bonchev–Trinajstić information content (AvgIpc) is 3.15. The van der Waals surface area contributed by atoms with E-state index >= 15 is 0 Å². The highest BCUT2D eigenvalue weighted by Crippen LogP contribution is 2.31. The number of benzene rings is 1. The van der Waals surface area contributed by atoms with Crippen LogP contribution >= 0.6 is 0 Å². The minimum absolute atomic E-state index is 0.0353. The molecule has 0 radical (unpaired) electrons. The zero-order valence-electron chi connectivity index (χ0n) is 14.2. The average molecular weight is 341 g/mol. The Hall–Kier alpha value is -2.37. The lowest BCUT2D eigenvalue weighted by molar-refractivity contribution is -0.126. The molecule has 1 aliphatic carbocycles. The lowest BCUT2D eigenvalue weighted by Gasteiger charge is -2.24. The summed E-state index contributed by atoms with van der Waals surface area (Å²) in [6.07, 6.45) is 6.71. The molecule has 0 bridgehead atoms. The van der Waals surface area contributed by atoms with Gasteiger partial charge in [0, 0.05) is 5.92 Å². The van der Waals surface area contributed by atoms with Gasteiger partial charge in [0.25, 0.3) is 0 Å². The van der Waals surface area contributed by atoms with E-state index in [0.29, 0.717) is 24.8 Å². The van der Waals surface area contributed by atoms with E-state index in [4.69, 9.17) is 9.26 Å². The lowest BCUT2D eigenvalue weighted by atomic mass is 9.89. The molecule has 25 heavy (non-hydrogen) atoms. The highest BCUT2D eigenvalue weighted by atomic mass is 16.5. The number of nitrogens with zero attached hydrogens (tertiary/aromatic N) is 2. The van der Waals surface area contributed by atoms with Crippen LogP contribution in [0.5, 0.6) is 5.75 Å². The van der Waals surface area contributed by atoms with Crippen molar-refractivity contribution in [3.8, 4) is 5.75 Å². The monoisotopic (exact) mass is 341 g/mol. The van der Waals surface area contributed by atoms with E-state index in [0.717, 1.165) is 30.0 Å². The fourth-order valence-electron chi connectivity index (χ4n) is 3.67. The quantitative estimate of drug-likeness (QED) is 0.925. The molecule has 4 rings (SSSR count). The van der Waals surface area contributed by atoms with Crippen molar-refractivity contribution in [2.45, 2.75) is 51.0 Å². The van der Waals surface area contributed by atoms with Crippen molar-refractivity contribution in [1.82, 2.24) is 15.5 Å². The molecule has 132 valence electrons. The molecular formula is C19H23N3O3. The van der Waals surface area contributed by atoms with Crippen molar-refractivity contribution in [3.05, 3.63) is 41.5 Å². The standard InChI is InChI=1S/C19H23N3O3/c23-19(15-10-14-8-4-5-9-16(14)24-12-15)20-11-17-21-18(22-25-17)13-6-2-1-3-7-13/h4-5,8-9,13,15H,1-3,6-7,10-12H2,(H,20,23)/t15-/m1/s1. The van der Waals surface area contributed by atoms with Crippen molar-refractivity contribution in [2.24, 2.45) is 5.92 Å². The van der Waals surface area contributed by atoms with Crippen molar-refractivity contribution in [3.63, 3.8) is 0 Å². The molecule has 1 saturated carbocycles. The molecule has 1 aromatic carbocycles. The molecule has 6 nitrogen and oxygen atoms in total. The van der Waals surface area contributed by atoms with Crippen LogP contribution in [0.4, 0.5) is 0 Å². The summed E-state index contributed by atoms with van der Waals surface area (Å²) in [4.78, 5) is 16.9. The molecule has 1 aromatic heterocycles. The number of hydrogen-bond donors (Lipinski definition) is 1. The molecule has 0 saturated heterocycles. The summed E-state index contributed by atoms with van der Waals surface area (Å²) in [6.45, 7) is 0.677. The number of nitrogens with one attached hydrogen (secondary N) is 1. The van der Waals surface area contributed by atoms with Gasteiger partial charge in [0.2, 0.25) is 11.8 Å². The maximum absolute atomic E-state index is 12.4. The van der Waals surface area contributed by atoms with Gasteiger partial charge in [-0.25, -0.2) is 0 Å². The summed E-state index contributed by atoms with van der Waals surface area (Å²) < 4.78 is 11.0. The minimum atomic E-state index is -0.185. The number of ether oxygens (including phenoxy) is 1. The Labute approximate surface area is 147 Å². The van der Waals surface area contributed by atoms with E-state index in [1.54, 1.807) is 0 Å². The Bertz CT molecular complexity index is 737. The van der Waals surface area contributed by atoms with Gasteiger partial charge in [-0.05, 0) is 30.9 Å². The molecule has 1 amide bonds. The Morgan fingerprint density at radius 2 is 2.04 bits per heavy atom. The first-order valence-corrected chi connectivity index (χ1v) is 9.10. The third-order valence-electron chi connectivity index (χ3n) is 5.12. The third-order valence-corrected chi connectivity index (χ3v) is 5.12. The molecule has 2 aromatic rings. The summed E-state index contributed by atoms with van der Waals surface area (Å²) >= 11 is 0. The normalized spacial score (nSPS) is 20.6. The first kappa shape index (κ1) is 16.1. The van der Waals surface area contributed by atoms with Crippen molar-refractivity contribution in [2.75, 3.05) is 6.61 Å². The summed E-state index contributed by atoms with van der Waals surface area (Å²) in [7, 11) is 0. The van der Waals surface area contributed by atoms with Crippen LogP contribution in [-0.2, 0) is 17.8 Å². The Kier molecular flexibility index (Phi) is 4.68. The van der Waals surface area contributed by atoms with Crippen LogP contribution in [0.2, 0.25) is 0 Å². The fourth-order valence-corrected chi connectivity index (χ4v) is 3.67.